The predicted molar refractivity (Wildman–Crippen MR) is 80.9 cm³/mol. The molecule has 1 amide bonds. The van der Waals surface area contributed by atoms with Crippen molar-refractivity contribution in [3.63, 3.8) is 0 Å². The average molecular weight is 344 g/mol. The minimum atomic E-state index is -3.16. The van der Waals surface area contributed by atoms with Crippen molar-refractivity contribution in [2.24, 2.45) is 0 Å². The number of benzene rings is 1. The molecule has 2 aromatic rings. The normalized spacial score (nSPS) is 11.4. The quantitative estimate of drug-likeness (QED) is 0.851. The monoisotopic (exact) mass is 343 g/mol. The first-order chi connectivity index (χ1) is 10.3. The highest BCUT2D eigenvalue weighted by Crippen LogP contribution is 2.19. The third-order valence-electron chi connectivity index (χ3n) is 2.69. The number of hydrogen-bond donors (Lipinski definition) is 1. The van der Waals surface area contributed by atoms with Gasteiger partial charge in [0.1, 0.15) is 9.84 Å². The molecule has 0 saturated heterocycles. The molecule has 0 unspecified atom stereocenters. The van der Waals surface area contributed by atoms with Crippen molar-refractivity contribution in [2.75, 3.05) is 12.0 Å². The zero-order valence-corrected chi connectivity index (χ0v) is 13.3. The Bertz CT molecular complexity index is 773. The van der Waals surface area contributed by atoms with E-state index in [0.717, 1.165) is 6.26 Å². The SMILES string of the molecule is CS(=O)(=O)CCC(=O)NCc1nc(-c2cccc(Cl)c2)no1. The highest BCUT2D eigenvalue weighted by Gasteiger charge is 2.11. The topological polar surface area (TPSA) is 102 Å². The Morgan fingerprint density at radius 2 is 2.18 bits per heavy atom. The molecule has 0 bridgehead atoms. The van der Waals surface area contributed by atoms with Gasteiger partial charge in [0.15, 0.2) is 0 Å². The summed E-state index contributed by atoms with van der Waals surface area (Å²) >= 11 is 5.88. The summed E-state index contributed by atoms with van der Waals surface area (Å²) < 4.78 is 26.9. The second kappa shape index (κ2) is 6.89. The van der Waals surface area contributed by atoms with E-state index in [1.54, 1.807) is 24.3 Å². The summed E-state index contributed by atoms with van der Waals surface area (Å²) in [6.45, 7) is 0.0379. The molecule has 9 heteroatoms. The van der Waals surface area contributed by atoms with Crippen LogP contribution >= 0.6 is 11.6 Å². The number of sulfone groups is 1. The number of halogens is 1. The van der Waals surface area contributed by atoms with Crippen LogP contribution in [-0.2, 0) is 21.2 Å². The molecule has 1 N–H and O–H groups in total. The first-order valence-electron chi connectivity index (χ1n) is 6.36. The van der Waals surface area contributed by atoms with Crippen LogP contribution in [0.2, 0.25) is 5.02 Å². The molecule has 1 heterocycles. The van der Waals surface area contributed by atoms with Crippen molar-refractivity contribution in [3.8, 4) is 11.4 Å². The number of nitrogens with zero attached hydrogens (tertiary/aromatic N) is 2. The number of carbonyl (C=O) groups excluding carboxylic acids is 1. The van der Waals surface area contributed by atoms with Gasteiger partial charge < -0.3 is 9.84 Å². The van der Waals surface area contributed by atoms with E-state index in [1.165, 1.54) is 0 Å². The molecule has 118 valence electrons. The highest BCUT2D eigenvalue weighted by atomic mass is 35.5. The van der Waals surface area contributed by atoms with Crippen molar-refractivity contribution in [3.05, 3.63) is 35.2 Å². The summed E-state index contributed by atoms with van der Waals surface area (Å²) in [5, 5.41) is 6.87. The molecule has 0 aliphatic carbocycles. The summed E-state index contributed by atoms with van der Waals surface area (Å²) in [4.78, 5) is 15.6. The van der Waals surface area contributed by atoms with Gasteiger partial charge in [0.05, 0.1) is 12.3 Å². The number of amides is 1. The van der Waals surface area contributed by atoms with E-state index in [0.29, 0.717) is 16.4 Å². The Balaban J connectivity index is 1.91. The van der Waals surface area contributed by atoms with Crippen LogP contribution in [0.15, 0.2) is 28.8 Å². The maximum absolute atomic E-state index is 11.5. The maximum Gasteiger partial charge on any atom is 0.246 e. The van der Waals surface area contributed by atoms with Gasteiger partial charge in [0.2, 0.25) is 17.6 Å². The van der Waals surface area contributed by atoms with Gasteiger partial charge in [-0.05, 0) is 12.1 Å². The third kappa shape index (κ3) is 5.12. The molecule has 0 atom stereocenters. The number of aromatic nitrogens is 2. The standard InChI is InChI=1S/C13H14ClN3O4S/c1-22(19,20)6-5-11(18)15-8-12-16-13(17-21-12)9-3-2-4-10(14)7-9/h2-4,7H,5-6,8H2,1H3,(H,15,18). The fourth-order valence-corrected chi connectivity index (χ4v) is 2.36. The van der Waals surface area contributed by atoms with Crippen LogP contribution in [0.3, 0.4) is 0 Å². The van der Waals surface area contributed by atoms with Crippen LogP contribution in [0.25, 0.3) is 11.4 Å². The molecule has 0 aliphatic rings. The highest BCUT2D eigenvalue weighted by molar-refractivity contribution is 7.90. The molecule has 7 nitrogen and oxygen atoms in total. The van der Waals surface area contributed by atoms with Gasteiger partial charge in [-0.2, -0.15) is 4.98 Å². The molecular formula is C13H14ClN3O4S. The molecule has 1 aromatic heterocycles. The van der Waals surface area contributed by atoms with E-state index in [-0.39, 0.29) is 24.6 Å². The van der Waals surface area contributed by atoms with Crippen LogP contribution in [0.1, 0.15) is 12.3 Å². The van der Waals surface area contributed by atoms with Crippen LogP contribution in [0.4, 0.5) is 0 Å². The lowest BCUT2D eigenvalue weighted by atomic mass is 10.2. The zero-order chi connectivity index (χ0) is 16.2. The predicted octanol–water partition coefficient (Wildman–Crippen LogP) is 1.44. The Labute approximate surface area is 132 Å². The third-order valence-corrected chi connectivity index (χ3v) is 3.87. The van der Waals surface area contributed by atoms with Crippen LogP contribution in [0.5, 0.6) is 0 Å². The van der Waals surface area contributed by atoms with Gasteiger partial charge in [0.25, 0.3) is 0 Å². The van der Waals surface area contributed by atoms with E-state index in [9.17, 15) is 13.2 Å². The smallest absolute Gasteiger partial charge is 0.246 e. The summed E-state index contributed by atoms with van der Waals surface area (Å²) in [5.41, 5.74) is 0.700. The minimum absolute atomic E-state index is 0.0379. The van der Waals surface area contributed by atoms with Gasteiger partial charge in [-0.15, -0.1) is 0 Å². The van der Waals surface area contributed by atoms with Gasteiger partial charge in [-0.1, -0.05) is 28.9 Å². The summed E-state index contributed by atoms with van der Waals surface area (Å²) in [6.07, 6.45) is 0.976. The number of carbonyl (C=O) groups is 1. The summed E-state index contributed by atoms with van der Waals surface area (Å²) in [6, 6.07) is 6.97. The van der Waals surface area contributed by atoms with Gasteiger partial charge >= 0.3 is 0 Å². The molecule has 22 heavy (non-hydrogen) atoms. The number of hydrogen-bond acceptors (Lipinski definition) is 6. The van der Waals surface area contributed by atoms with Gasteiger partial charge in [-0.25, -0.2) is 8.42 Å². The molecule has 0 spiro atoms. The van der Waals surface area contributed by atoms with Crippen molar-refractivity contribution < 1.29 is 17.7 Å². The van der Waals surface area contributed by atoms with Crippen LogP contribution < -0.4 is 5.32 Å². The first-order valence-corrected chi connectivity index (χ1v) is 8.80. The van der Waals surface area contributed by atoms with E-state index < -0.39 is 15.7 Å². The minimum Gasteiger partial charge on any atom is -0.347 e. The lowest BCUT2D eigenvalue weighted by molar-refractivity contribution is -0.121. The summed E-state index contributed by atoms with van der Waals surface area (Å²) in [7, 11) is -3.16. The number of rotatable bonds is 6. The van der Waals surface area contributed by atoms with Crippen molar-refractivity contribution >= 4 is 27.3 Å². The van der Waals surface area contributed by atoms with Crippen LogP contribution in [0, 0.1) is 0 Å². The summed E-state index contributed by atoms with van der Waals surface area (Å²) in [5.74, 6) is -0.00493. The second-order valence-electron chi connectivity index (χ2n) is 4.68. The van der Waals surface area contributed by atoms with E-state index in [2.05, 4.69) is 15.5 Å². The Kier molecular flexibility index (Phi) is 5.15. The average Bonchev–Trinajstić information content (AvgIpc) is 2.91. The molecule has 0 aliphatic heterocycles. The first kappa shape index (κ1) is 16.4. The fraction of sp³-hybridized carbons (Fsp3) is 0.308. The van der Waals surface area contributed by atoms with E-state index in [4.69, 9.17) is 16.1 Å². The Morgan fingerprint density at radius 3 is 2.86 bits per heavy atom. The zero-order valence-electron chi connectivity index (χ0n) is 11.7. The second-order valence-corrected chi connectivity index (χ2v) is 7.37. The van der Waals surface area contributed by atoms with Crippen molar-refractivity contribution in [1.29, 1.82) is 0 Å². The van der Waals surface area contributed by atoms with Gasteiger partial charge in [0, 0.05) is 23.3 Å². The molecule has 1 aromatic carbocycles. The van der Waals surface area contributed by atoms with Crippen molar-refractivity contribution in [2.45, 2.75) is 13.0 Å². The lowest BCUT2D eigenvalue weighted by Gasteiger charge is -2.00. The fourth-order valence-electron chi connectivity index (χ4n) is 1.61. The molecule has 2 rings (SSSR count). The Morgan fingerprint density at radius 1 is 1.41 bits per heavy atom. The largest absolute Gasteiger partial charge is 0.347 e. The molecule has 0 fully saturated rings. The van der Waals surface area contributed by atoms with E-state index >= 15 is 0 Å². The Hall–Kier alpha value is -1.93. The van der Waals surface area contributed by atoms with E-state index in [1.807, 2.05) is 0 Å². The lowest BCUT2D eigenvalue weighted by Crippen LogP contribution is -2.25. The van der Waals surface area contributed by atoms with Gasteiger partial charge in [-0.3, -0.25) is 4.79 Å². The molecular weight excluding hydrogens is 330 g/mol. The maximum atomic E-state index is 11.5. The molecule has 0 radical (unpaired) electrons. The molecule has 0 saturated carbocycles. The number of nitrogens with one attached hydrogen (secondary N) is 1. The van der Waals surface area contributed by atoms with Crippen molar-refractivity contribution in [1.82, 2.24) is 15.5 Å². The van der Waals surface area contributed by atoms with Crippen LogP contribution in [-0.4, -0.2) is 36.5 Å².